The highest BCUT2D eigenvalue weighted by Gasteiger charge is 2.24. The van der Waals surface area contributed by atoms with E-state index in [0.717, 1.165) is 23.9 Å². The van der Waals surface area contributed by atoms with Crippen LogP contribution in [-0.2, 0) is 0 Å². The number of hydrogen-bond donors (Lipinski definition) is 1. The molecular weight excluding hydrogens is 236 g/mol. The van der Waals surface area contributed by atoms with Crippen LogP contribution in [-0.4, -0.2) is 41.0 Å². The van der Waals surface area contributed by atoms with Gasteiger partial charge in [0.15, 0.2) is 0 Å². The van der Waals surface area contributed by atoms with Gasteiger partial charge in [-0.15, -0.1) is 0 Å². The molecule has 0 bridgehead atoms. The van der Waals surface area contributed by atoms with Gasteiger partial charge in [-0.3, -0.25) is 14.9 Å². The van der Waals surface area contributed by atoms with Crippen LogP contribution in [0, 0.1) is 12.8 Å². The Morgan fingerprint density at radius 2 is 2.00 bits per heavy atom. The summed E-state index contributed by atoms with van der Waals surface area (Å²) in [6.45, 7) is 11.1. The van der Waals surface area contributed by atoms with Crippen molar-refractivity contribution in [2.45, 2.75) is 39.7 Å². The van der Waals surface area contributed by atoms with E-state index in [4.69, 9.17) is 0 Å². The van der Waals surface area contributed by atoms with Gasteiger partial charge in [0.05, 0.1) is 17.4 Å². The van der Waals surface area contributed by atoms with E-state index in [1.165, 1.54) is 32.5 Å². The highest BCUT2D eigenvalue weighted by atomic mass is 15.2. The number of aryl methyl sites for hydroxylation is 1. The molecule has 4 heteroatoms. The standard InChI is InChI=1S/C15H26N4/c1-4-16-11-14-5-9-19(10-6-14)13(3)15-12(2)17-7-8-18-15/h7-8,13-14,16H,4-6,9-11H2,1-3H3. The van der Waals surface area contributed by atoms with Gasteiger partial charge in [0.25, 0.3) is 0 Å². The first-order chi connectivity index (χ1) is 9.22. The van der Waals surface area contributed by atoms with Crippen LogP contribution >= 0.6 is 0 Å². The lowest BCUT2D eigenvalue weighted by atomic mass is 9.95. The molecular formula is C15H26N4. The molecule has 1 aromatic heterocycles. The second kappa shape index (κ2) is 6.96. The molecule has 1 fully saturated rings. The summed E-state index contributed by atoms with van der Waals surface area (Å²) >= 11 is 0. The molecule has 2 rings (SSSR count). The lowest BCUT2D eigenvalue weighted by Crippen LogP contribution is -2.39. The normalized spacial score (nSPS) is 19.5. The lowest BCUT2D eigenvalue weighted by Gasteiger charge is -2.36. The van der Waals surface area contributed by atoms with E-state index < -0.39 is 0 Å². The maximum absolute atomic E-state index is 4.51. The highest BCUT2D eigenvalue weighted by Crippen LogP contribution is 2.26. The van der Waals surface area contributed by atoms with Crippen molar-refractivity contribution in [2.24, 2.45) is 5.92 Å². The molecule has 0 spiro atoms. The second-order valence-electron chi connectivity index (χ2n) is 5.49. The fourth-order valence-electron chi connectivity index (χ4n) is 2.89. The summed E-state index contributed by atoms with van der Waals surface area (Å²) in [7, 11) is 0. The number of rotatable bonds is 5. The monoisotopic (exact) mass is 262 g/mol. The van der Waals surface area contributed by atoms with Crippen molar-refractivity contribution in [3.05, 3.63) is 23.8 Å². The van der Waals surface area contributed by atoms with Gasteiger partial charge < -0.3 is 5.32 Å². The Labute approximate surface area is 116 Å². The van der Waals surface area contributed by atoms with Gasteiger partial charge in [0.1, 0.15) is 0 Å². The van der Waals surface area contributed by atoms with Gasteiger partial charge in [-0.2, -0.15) is 0 Å². The second-order valence-corrected chi connectivity index (χ2v) is 5.49. The van der Waals surface area contributed by atoms with E-state index in [2.05, 4.69) is 41.0 Å². The molecule has 0 amide bonds. The molecule has 0 radical (unpaired) electrons. The predicted molar refractivity (Wildman–Crippen MR) is 78.0 cm³/mol. The van der Waals surface area contributed by atoms with Crippen LogP contribution in [0.3, 0.4) is 0 Å². The number of aromatic nitrogens is 2. The van der Waals surface area contributed by atoms with Crippen molar-refractivity contribution >= 4 is 0 Å². The third kappa shape index (κ3) is 3.74. The Kier molecular flexibility index (Phi) is 5.28. The molecule has 2 heterocycles. The van der Waals surface area contributed by atoms with Crippen molar-refractivity contribution in [3.8, 4) is 0 Å². The summed E-state index contributed by atoms with van der Waals surface area (Å²) in [5, 5.41) is 3.46. The third-order valence-corrected chi connectivity index (χ3v) is 4.19. The smallest absolute Gasteiger partial charge is 0.0784 e. The minimum atomic E-state index is 0.383. The highest BCUT2D eigenvalue weighted by molar-refractivity contribution is 5.12. The Morgan fingerprint density at radius 1 is 1.32 bits per heavy atom. The molecule has 0 aliphatic carbocycles. The van der Waals surface area contributed by atoms with Crippen molar-refractivity contribution < 1.29 is 0 Å². The summed E-state index contributed by atoms with van der Waals surface area (Å²) in [4.78, 5) is 11.4. The number of likely N-dealkylation sites (tertiary alicyclic amines) is 1. The summed E-state index contributed by atoms with van der Waals surface area (Å²) in [6.07, 6.45) is 6.15. The summed E-state index contributed by atoms with van der Waals surface area (Å²) < 4.78 is 0. The van der Waals surface area contributed by atoms with Crippen LogP contribution in [0.2, 0.25) is 0 Å². The van der Waals surface area contributed by atoms with Crippen LogP contribution in [0.15, 0.2) is 12.4 Å². The Balaban J connectivity index is 1.89. The molecule has 1 aromatic rings. The average molecular weight is 262 g/mol. The maximum atomic E-state index is 4.51. The molecule has 1 aliphatic heterocycles. The van der Waals surface area contributed by atoms with Crippen molar-refractivity contribution in [2.75, 3.05) is 26.2 Å². The summed E-state index contributed by atoms with van der Waals surface area (Å²) in [5.41, 5.74) is 2.19. The lowest BCUT2D eigenvalue weighted by molar-refractivity contribution is 0.137. The van der Waals surface area contributed by atoms with Gasteiger partial charge in [0, 0.05) is 12.4 Å². The van der Waals surface area contributed by atoms with Gasteiger partial charge in [0.2, 0.25) is 0 Å². The number of piperidine rings is 1. The Hall–Kier alpha value is -1.00. The zero-order valence-corrected chi connectivity index (χ0v) is 12.4. The van der Waals surface area contributed by atoms with Gasteiger partial charge >= 0.3 is 0 Å². The summed E-state index contributed by atoms with van der Waals surface area (Å²) in [6, 6.07) is 0.383. The van der Waals surface area contributed by atoms with Gasteiger partial charge in [-0.25, -0.2) is 0 Å². The van der Waals surface area contributed by atoms with Gasteiger partial charge in [-0.05, 0) is 58.8 Å². The molecule has 1 aliphatic rings. The summed E-state index contributed by atoms with van der Waals surface area (Å²) in [5.74, 6) is 0.839. The van der Waals surface area contributed by atoms with E-state index in [0.29, 0.717) is 6.04 Å². The average Bonchev–Trinajstić information content (AvgIpc) is 2.45. The third-order valence-electron chi connectivity index (χ3n) is 4.19. The minimum absolute atomic E-state index is 0.383. The fourth-order valence-corrected chi connectivity index (χ4v) is 2.89. The first kappa shape index (κ1) is 14.4. The molecule has 0 aromatic carbocycles. The van der Waals surface area contributed by atoms with Crippen molar-refractivity contribution in [3.63, 3.8) is 0 Å². The van der Waals surface area contributed by atoms with E-state index in [-0.39, 0.29) is 0 Å². The van der Waals surface area contributed by atoms with E-state index in [1.54, 1.807) is 12.4 Å². The van der Waals surface area contributed by atoms with Crippen LogP contribution in [0.1, 0.15) is 44.1 Å². The van der Waals surface area contributed by atoms with Gasteiger partial charge in [-0.1, -0.05) is 6.92 Å². The fraction of sp³-hybridized carbons (Fsp3) is 0.733. The minimum Gasteiger partial charge on any atom is -0.317 e. The van der Waals surface area contributed by atoms with E-state index in [9.17, 15) is 0 Å². The number of hydrogen-bond acceptors (Lipinski definition) is 4. The predicted octanol–water partition coefficient (Wildman–Crippen LogP) is 2.17. The number of nitrogens with one attached hydrogen (secondary N) is 1. The molecule has 0 saturated carbocycles. The van der Waals surface area contributed by atoms with Crippen molar-refractivity contribution in [1.29, 1.82) is 0 Å². The molecule has 1 unspecified atom stereocenters. The quantitative estimate of drug-likeness (QED) is 0.883. The molecule has 1 N–H and O–H groups in total. The molecule has 4 nitrogen and oxygen atoms in total. The maximum Gasteiger partial charge on any atom is 0.0784 e. The van der Waals surface area contributed by atoms with Crippen molar-refractivity contribution in [1.82, 2.24) is 20.2 Å². The molecule has 106 valence electrons. The Morgan fingerprint density at radius 3 is 2.63 bits per heavy atom. The molecule has 1 saturated heterocycles. The molecule has 1 atom stereocenters. The zero-order chi connectivity index (χ0) is 13.7. The SMILES string of the molecule is CCNCC1CCN(C(C)c2nccnc2C)CC1. The number of nitrogens with zero attached hydrogens (tertiary/aromatic N) is 3. The Bertz CT molecular complexity index is 385. The largest absolute Gasteiger partial charge is 0.317 e. The van der Waals surface area contributed by atoms with E-state index >= 15 is 0 Å². The van der Waals surface area contributed by atoms with Crippen LogP contribution < -0.4 is 5.32 Å². The topological polar surface area (TPSA) is 41.0 Å². The van der Waals surface area contributed by atoms with Crippen LogP contribution in [0.25, 0.3) is 0 Å². The zero-order valence-electron chi connectivity index (χ0n) is 12.4. The first-order valence-electron chi connectivity index (χ1n) is 7.44. The van der Waals surface area contributed by atoms with Crippen LogP contribution in [0.5, 0.6) is 0 Å². The molecule has 19 heavy (non-hydrogen) atoms. The van der Waals surface area contributed by atoms with E-state index in [1.807, 2.05) is 0 Å². The first-order valence-corrected chi connectivity index (χ1v) is 7.44. The van der Waals surface area contributed by atoms with Crippen LogP contribution in [0.4, 0.5) is 0 Å².